The summed E-state index contributed by atoms with van der Waals surface area (Å²) in [5.74, 6) is 0.354. The minimum absolute atomic E-state index is 0.0234. The Morgan fingerprint density at radius 2 is 1.80 bits per heavy atom. The second-order valence-corrected chi connectivity index (χ2v) is 17.8. The number of para-hydroxylation sites is 1. The fraction of sp³-hybridized carbons (Fsp3) is 0.605. The van der Waals surface area contributed by atoms with Gasteiger partial charge in [0.15, 0.2) is 0 Å². The average Bonchev–Trinajstić information content (AvgIpc) is 4.04. The van der Waals surface area contributed by atoms with E-state index in [-0.39, 0.29) is 54.1 Å². The summed E-state index contributed by atoms with van der Waals surface area (Å²) < 4.78 is 10.7. The molecule has 3 atom stereocenters. The molecule has 8 rings (SSSR count). The van der Waals surface area contributed by atoms with Crippen LogP contribution in [0.1, 0.15) is 124 Å². The number of carbonyl (C=O) groups excluding carboxylic acids is 4. The number of carbonyl (C=O) groups is 4. The van der Waals surface area contributed by atoms with Gasteiger partial charge in [-0.1, -0.05) is 12.1 Å². The van der Waals surface area contributed by atoms with Gasteiger partial charge < -0.3 is 20.3 Å². The highest BCUT2D eigenvalue weighted by molar-refractivity contribution is 6.03. The molecule has 0 radical (unpaired) electrons. The van der Waals surface area contributed by atoms with Gasteiger partial charge in [-0.25, -0.2) is 9.59 Å². The average molecular weight is 826 g/mol. The number of fused-ring (bicyclic) bond motifs is 1. The lowest BCUT2D eigenvalue weighted by Crippen LogP contribution is -2.44. The van der Waals surface area contributed by atoms with Gasteiger partial charge in [-0.3, -0.25) is 43.5 Å². The lowest BCUT2D eigenvalue weighted by Gasteiger charge is -2.39. The maximum Gasteiger partial charge on any atom is 0.407 e. The first-order valence-electron chi connectivity index (χ1n) is 21.7. The molecule has 60 heavy (non-hydrogen) atoms. The Balaban J connectivity index is 0.773. The molecule has 2 saturated heterocycles. The number of hydrogen-bond donors (Lipinski definition) is 4. The maximum atomic E-state index is 13.4. The van der Waals surface area contributed by atoms with Crippen LogP contribution in [0, 0.1) is 5.92 Å². The molecule has 322 valence electrons. The lowest BCUT2D eigenvalue weighted by molar-refractivity contribution is -0.135. The van der Waals surface area contributed by atoms with Crippen molar-refractivity contribution in [1.82, 2.24) is 49.5 Å². The first-order chi connectivity index (χ1) is 28.9. The topological polar surface area (TPSA) is 194 Å². The van der Waals surface area contributed by atoms with Crippen molar-refractivity contribution in [3.63, 3.8) is 0 Å². The molecule has 1 unspecified atom stereocenters. The van der Waals surface area contributed by atoms with E-state index in [9.17, 15) is 24.0 Å². The Labute approximate surface area is 349 Å². The normalized spacial score (nSPS) is 24.3. The van der Waals surface area contributed by atoms with Crippen LogP contribution < -0.4 is 21.6 Å². The molecule has 0 bridgehead atoms. The first kappa shape index (κ1) is 41.4. The van der Waals surface area contributed by atoms with Crippen LogP contribution in [-0.2, 0) is 27.9 Å². The second-order valence-electron chi connectivity index (χ2n) is 17.8. The highest BCUT2D eigenvalue weighted by Gasteiger charge is 2.34. The predicted molar refractivity (Wildman–Crippen MR) is 224 cm³/mol. The predicted octanol–water partition coefficient (Wildman–Crippen LogP) is 4.59. The first-order valence-corrected chi connectivity index (χ1v) is 21.7. The molecule has 3 aromatic heterocycles. The van der Waals surface area contributed by atoms with Crippen LogP contribution in [0.2, 0.25) is 0 Å². The fourth-order valence-corrected chi connectivity index (χ4v) is 9.98. The van der Waals surface area contributed by atoms with Crippen molar-refractivity contribution in [1.29, 1.82) is 0 Å². The number of ether oxygens (including phenoxy) is 1. The molecule has 17 heteroatoms. The zero-order valence-corrected chi connectivity index (χ0v) is 35.2. The number of H-pyrrole nitrogens is 1. The molecular weight excluding hydrogens is 767 g/mol. The van der Waals surface area contributed by atoms with Gasteiger partial charge in [0, 0.05) is 56.8 Å². The minimum atomic E-state index is -0.692. The number of anilines is 1. The van der Waals surface area contributed by atoms with Crippen molar-refractivity contribution >= 4 is 40.7 Å². The van der Waals surface area contributed by atoms with Gasteiger partial charge in [-0.15, -0.1) is 0 Å². The van der Waals surface area contributed by atoms with Gasteiger partial charge in [0.2, 0.25) is 11.8 Å². The summed E-state index contributed by atoms with van der Waals surface area (Å²) in [7, 11) is 4.02. The summed E-state index contributed by atoms with van der Waals surface area (Å²) in [6.07, 6.45) is 12.3. The SMILES string of the molecule is CC(C)NC(=O)O[C@@H]1CC[C@H](c2cc(NC(=O)c3cnn(C4CCC(CN(C)C5CCN(Cc6cccc7c6n(C)c(=O)n7C6CCC(=O)NC6=O)CC5)CC4)c3)[nH]n2)C1. The maximum absolute atomic E-state index is 13.4. The molecule has 2 aliphatic heterocycles. The number of piperidine rings is 2. The Morgan fingerprint density at radius 1 is 1.02 bits per heavy atom. The summed E-state index contributed by atoms with van der Waals surface area (Å²) in [6, 6.07) is 7.89. The fourth-order valence-electron chi connectivity index (χ4n) is 9.98. The molecular formula is C43H59N11O6. The Hall–Kier alpha value is -5.29. The number of alkyl carbamates (subject to hydrolysis) is 1. The number of aromatic nitrogens is 6. The van der Waals surface area contributed by atoms with E-state index in [0.29, 0.717) is 36.2 Å². The number of likely N-dealkylation sites (tertiary alicyclic amines) is 1. The van der Waals surface area contributed by atoms with E-state index < -0.39 is 11.9 Å². The molecule has 17 nitrogen and oxygen atoms in total. The molecule has 4 fully saturated rings. The summed E-state index contributed by atoms with van der Waals surface area (Å²) in [6.45, 7) is 7.52. The zero-order chi connectivity index (χ0) is 42.1. The van der Waals surface area contributed by atoms with E-state index in [1.165, 1.54) is 0 Å². The molecule has 2 saturated carbocycles. The monoisotopic (exact) mass is 825 g/mol. The van der Waals surface area contributed by atoms with Gasteiger partial charge >= 0.3 is 11.8 Å². The molecule has 2 aliphatic carbocycles. The van der Waals surface area contributed by atoms with Crippen LogP contribution in [0.3, 0.4) is 0 Å². The van der Waals surface area contributed by atoms with E-state index in [2.05, 4.69) is 54.2 Å². The highest BCUT2D eigenvalue weighted by atomic mass is 16.6. The number of nitrogens with zero attached hydrogens (tertiary/aromatic N) is 7. The number of rotatable bonds is 12. The highest BCUT2D eigenvalue weighted by Crippen LogP contribution is 2.37. The second kappa shape index (κ2) is 17.7. The Kier molecular flexibility index (Phi) is 12.3. The zero-order valence-electron chi connectivity index (χ0n) is 35.2. The van der Waals surface area contributed by atoms with E-state index >= 15 is 0 Å². The smallest absolute Gasteiger partial charge is 0.407 e. The van der Waals surface area contributed by atoms with E-state index in [1.807, 2.05) is 42.9 Å². The van der Waals surface area contributed by atoms with Gasteiger partial charge in [0.1, 0.15) is 18.0 Å². The van der Waals surface area contributed by atoms with Crippen molar-refractivity contribution in [2.75, 3.05) is 32.0 Å². The standard InChI is InChI=1S/C43H59N11O6/c1-26(2)45-42(58)60-33-13-10-28(20-33)34-21-37(49-48-34)46-40(56)30-22-44-53(25-30)32-11-8-27(9-12-32)23-50(3)31-16-18-52(19-17-31)24-29-6-5-7-35-39(29)51(4)43(59)54(35)36-14-15-38(55)47-41(36)57/h5-7,21-22,25-28,31-33,36H,8-20,23-24H2,1-4H3,(H,45,58)(H,47,55,57)(H2,46,48,49,56)/t27?,28-,32?,33+,36?/m0/s1. The third kappa shape index (κ3) is 9.06. The molecule has 4 N–H and O–H groups in total. The van der Waals surface area contributed by atoms with Crippen LogP contribution in [0.25, 0.3) is 11.0 Å². The van der Waals surface area contributed by atoms with Gasteiger partial charge in [0.05, 0.1) is 34.5 Å². The van der Waals surface area contributed by atoms with Crippen LogP contribution in [0.4, 0.5) is 10.6 Å². The molecule has 1 aromatic carbocycles. The van der Waals surface area contributed by atoms with Crippen LogP contribution in [-0.4, -0.2) is 108 Å². The number of imide groups is 1. The molecule has 5 heterocycles. The molecule has 4 amide bonds. The van der Waals surface area contributed by atoms with Crippen molar-refractivity contribution in [2.45, 2.75) is 127 Å². The molecule has 4 aromatic rings. The van der Waals surface area contributed by atoms with E-state index in [1.54, 1.807) is 22.4 Å². The van der Waals surface area contributed by atoms with Crippen molar-refractivity contribution in [2.24, 2.45) is 13.0 Å². The molecule has 0 spiro atoms. The summed E-state index contributed by atoms with van der Waals surface area (Å²) >= 11 is 0. The lowest BCUT2D eigenvalue weighted by atomic mass is 9.85. The van der Waals surface area contributed by atoms with Crippen LogP contribution in [0.5, 0.6) is 0 Å². The summed E-state index contributed by atoms with van der Waals surface area (Å²) in [5, 5.41) is 20.1. The van der Waals surface area contributed by atoms with Crippen molar-refractivity contribution < 1.29 is 23.9 Å². The van der Waals surface area contributed by atoms with E-state index in [4.69, 9.17) is 4.74 Å². The number of benzene rings is 1. The Bertz CT molecular complexity index is 2260. The third-order valence-electron chi connectivity index (χ3n) is 13.2. The van der Waals surface area contributed by atoms with Gasteiger partial charge in [-0.2, -0.15) is 10.2 Å². The largest absolute Gasteiger partial charge is 0.446 e. The van der Waals surface area contributed by atoms with E-state index in [0.717, 1.165) is 99.8 Å². The number of aromatic amines is 1. The van der Waals surface area contributed by atoms with Crippen molar-refractivity contribution in [3.8, 4) is 0 Å². The molecule has 4 aliphatic rings. The number of nitrogens with one attached hydrogen (secondary N) is 4. The third-order valence-corrected chi connectivity index (χ3v) is 13.2. The number of imidazole rings is 1. The minimum Gasteiger partial charge on any atom is -0.446 e. The summed E-state index contributed by atoms with van der Waals surface area (Å²) in [5.41, 5.74) is 3.76. The van der Waals surface area contributed by atoms with Crippen LogP contribution in [0.15, 0.2) is 41.5 Å². The van der Waals surface area contributed by atoms with Gasteiger partial charge in [0.25, 0.3) is 5.91 Å². The van der Waals surface area contributed by atoms with Gasteiger partial charge in [-0.05, 0) is 116 Å². The number of amides is 4. The number of aryl methyl sites for hydroxylation is 1. The summed E-state index contributed by atoms with van der Waals surface area (Å²) in [4.78, 5) is 68.1. The van der Waals surface area contributed by atoms with Crippen LogP contribution >= 0.6 is 0 Å². The number of hydrogen-bond acceptors (Lipinski definition) is 10. The van der Waals surface area contributed by atoms with Crippen molar-refractivity contribution in [3.05, 3.63) is 64.0 Å². The quantitative estimate of drug-likeness (QED) is 0.147. The Morgan fingerprint density at radius 3 is 2.55 bits per heavy atom.